The third-order valence-corrected chi connectivity index (χ3v) is 4.34. The molecule has 0 spiro atoms. The van der Waals surface area contributed by atoms with Crippen molar-refractivity contribution in [3.63, 3.8) is 0 Å². The van der Waals surface area contributed by atoms with Crippen molar-refractivity contribution in [2.45, 2.75) is 26.2 Å². The van der Waals surface area contributed by atoms with E-state index in [1.54, 1.807) is 13.8 Å². The molecule has 0 amide bonds. The van der Waals surface area contributed by atoms with Crippen LogP contribution in [0, 0.1) is 0 Å². The van der Waals surface area contributed by atoms with Crippen LogP contribution >= 0.6 is 7.60 Å². The number of halogens is 3. The number of rotatable bonds is 6. The summed E-state index contributed by atoms with van der Waals surface area (Å²) in [6, 6.07) is 4.68. The quantitative estimate of drug-likeness (QED) is 0.726. The van der Waals surface area contributed by atoms with Crippen molar-refractivity contribution in [3.05, 3.63) is 35.4 Å². The van der Waals surface area contributed by atoms with Crippen molar-refractivity contribution in [3.8, 4) is 0 Å². The second kappa shape index (κ2) is 6.55. The molecule has 0 bridgehead atoms. The molecule has 1 aromatic rings. The van der Waals surface area contributed by atoms with E-state index in [9.17, 15) is 17.7 Å². The molecular weight excluding hydrogens is 280 g/mol. The molecule has 0 radical (unpaired) electrons. The van der Waals surface area contributed by atoms with E-state index in [0.29, 0.717) is 0 Å². The molecule has 0 aliphatic heterocycles. The van der Waals surface area contributed by atoms with Crippen LogP contribution in [-0.2, 0) is 26.0 Å². The SMILES string of the molecule is CCOP(=O)(Cc1cccc(C(F)(F)F)c1)OCC. The average molecular weight is 296 g/mol. The summed E-state index contributed by atoms with van der Waals surface area (Å²) in [6.45, 7) is 3.65. The lowest BCUT2D eigenvalue weighted by atomic mass is 10.1. The zero-order valence-electron chi connectivity index (χ0n) is 10.7. The molecule has 0 saturated heterocycles. The first-order valence-electron chi connectivity index (χ1n) is 5.85. The maximum Gasteiger partial charge on any atom is 0.416 e. The van der Waals surface area contributed by atoms with Crippen molar-refractivity contribution < 1.29 is 26.8 Å². The van der Waals surface area contributed by atoms with Gasteiger partial charge in [0, 0.05) is 0 Å². The van der Waals surface area contributed by atoms with E-state index in [1.165, 1.54) is 12.1 Å². The minimum absolute atomic E-state index is 0.168. The van der Waals surface area contributed by atoms with Crippen LogP contribution in [0.15, 0.2) is 24.3 Å². The molecule has 0 aliphatic carbocycles. The van der Waals surface area contributed by atoms with Gasteiger partial charge in [-0.2, -0.15) is 13.2 Å². The Hall–Kier alpha value is -0.840. The standard InChI is InChI=1S/C12H16F3O3P/c1-3-17-19(16,18-4-2)9-10-6-5-7-11(8-10)12(13,14)15/h5-8H,3-4,9H2,1-2H3. The van der Waals surface area contributed by atoms with Gasteiger partial charge in [-0.3, -0.25) is 4.57 Å². The lowest BCUT2D eigenvalue weighted by Gasteiger charge is -2.17. The third kappa shape index (κ3) is 4.97. The summed E-state index contributed by atoms with van der Waals surface area (Å²) in [5.41, 5.74) is -0.496. The molecule has 0 N–H and O–H groups in total. The molecule has 0 aliphatic rings. The Morgan fingerprint density at radius 3 is 2.21 bits per heavy atom. The number of alkyl halides is 3. The van der Waals surface area contributed by atoms with Crippen LogP contribution in [0.1, 0.15) is 25.0 Å². The van der Waals surface area contributed by atoms with Crippen LogP contribution in [0.4, 0.5) is 13.2 Å². The van der Waals surface area contributed by atoms with Crippen molar-refractivity contribution in [1.29, 1.82) is 0 Å². The highest BCUT2D eigenvalue weighted by atomic mass is 31.2. The largest absolute Gasteiger partial charge is 0.416 e. The minimum atomic E-state index is -4.42. The second-order valence-corrected chi connectivity index (χ2v) is 5.86. The molecular formula is C12H16F3O3P. The highest BCUT2D eigenvalue weighted by Crippen LogP contribution is 2.51. The summed E-state index contributed by atoms with van der Waals surface area (Å²) in [5, 5.41) is 0. The molecule has 0 unspecified atom stereocenters. The molecule has 0 atom stereocenters. The van der Waals surface area contributed by atoms with Crippen molar-refractivity contribution in [2.75, 3.05) is 13.2 Å². The monoisotopic (exact) mass is 296 g/mol. The smallest absolute Gasteiger partial charge is 0.309 e. The Labute approximate surface area is 110 Å². The lowest BCUT2D eigenvalue weighted by molar-refractivity contribution is -0.137. The van der Waals surface area contributed by atoms with Gasteiger partial charge in [-0.25, -0.2) is 0 Å². The molecule has 0 aromatic heterocycles. The maximum absolute atomic E-state index is 12.6. The molecule has 0 heterocycles. The van der Waals surface area contributed by atoms with E-state index < -0.39 is 19.3 Å². The van der Waals surface area contributed by atoms with Crippen molar-refractivity contribution >= 4 is 7.60 Å². The average Bonchev–Trinajstić information content (AvgIpc) is 2.28. The second-order valence-electron chi connectivity index (χ2n) is 3.80. The summed E-state index contributed by atoms with van der Waals surface area (Å²) < 4.78 is 60.0. The molecule has 3 nitrogen and oxygen atoms in total. The topological polar surface area (TPSA) is 35.5 Å². The third-order valence-electron chi connectivity index (χ3n) is 2.28. The van der Waals surface area contributed by atoms with Gasteiger partial charge in [0.2, 0.25) is 0 Å². The van der Waals surface area contributed by atoms with Crippen LogP contribution in [0.3, 0.4) is 0 Å². The van der Waals surface area contributed by atoms with E-state index in [-0.39, 0.29) is 24.9 Å². The van der Waals surface area contributed by atoms with Gasteiger partial charge in [0.1, 0.15) is 0 Å². The summed E-state index contributed by atoms with van der Waals surface area (Å²) >= 11 is 0. The number of hydrogen-bond acceptors (Lipinski definition) is 3. The van der Waals surface area contributed by atoms with Gasteiger partial charge in [0.05, 0.1) is 24.9 Å². The highest BCUT2D eigenvalue weighted by molar-refractivity contribution is 7.53. The summed E-state index contributed by atoms with van der Waals surface area (Å²) in [4.78, 5) is 0. The zero-order chi connectivity index (χ0) is 14.5. The van der Waals surface area contributed by atoms with E-state index >= 15 is 0 Å². The van der Waals surface area contributed by atoms with Crippen LogP contribution in [0.2, 0.25) is 0 Å². The van der Waals surface area contributed by atoms with Gasteiger partial charge in [-0.05, 0) is 25.5 Å². The van der Waals surface area contributed by atoms with Crippen molar-refractivity contribution in [2.24, 2.45) is 0 Å². The molecule has 0 saturated carbocycles. The molecule has 7 heteroatoms. The molecule has 108 valence electrons. The highest BCUT2D eigenvalue weighted by Gasteiger charge is 2.31. The van der Waals surface area contributed by atoms with E-state index in [4.69, 9.17) is 9.05 Å². The first-order chi connectivity index (χ1) is 8.80. The van der Waals surface area contributed by atoms with Gasteiger partial charge in [0.15, 0.2) is 0 Å². The van der Waals surface area contributed by atoms with E-state index in [1.807, 2.05) is 0 Å². The Morgan fingerprint density at radius 2 is 1.74 bits per heavy atom. The van der Waals surface area contributed by atoms with Gasteiger partial charge in [0.25, 0.3) is 0 Å². The normalized spacial score (nSPS) is 12.7. The minimum Gasteiger partial charge on any atom is -0.309 e. The van der Waals surface area contributed by atoms with E-state index in [2.05, 4.69) is 0 Å². The van der Waals surface area contributed by atoms with Crippen LogP contribution in [0.5, 0.6) is 0 Å². The number of benzene rings is 1. The van der Waals surface area contributed by atoms with Crippen LogP contribution in [-0.4, -0.2) is 13.2 Å². The summed E-state index contributed by atoms with van der Waals surface area (Å²) in [7, 11) is -3.38. The molecule has 1 aromatic carbocycles. The molecule has 19 heavy (non-hydrogen) atoms. The first-order valence-corrected chi connectivity index (χ1v) is 7.58. The van der Waals surface area contributed by atoms with E-state index in [0.717, 1.165) is 12.1 Å². The van der Waals surface area contributed by atoms with Gasteiger partial charge >= 0.3 is 13.8 Å². The predicted molar refractivity (Wildman–Crippen MR) is 66.0 cm³/mol. The van der Waals surface area contributed by atoms with Gasteiger partial charge in [-0.15, -0.1) is 0 Å². The maximum atomic E-state index is 12.6. The Kier molecular flexibility index (Phi) is 5.59. The Morgan fingerprint density at radius 1 is 1.16 bits per heavy atom. The summed E-state index contributed by atoms with van der Waals surface area (Å²) in [6.07, 6.45) is -4.59. The van der Waals surface area contributed by atoms with Gasteiger partial charge in [-0.1, -0.05) is 18.2 Å². The molecule has 1 rings (SSSR count). The first kappa shape index (κ1) is 16.2. The predicted octanol–water partition coefficient (Wildman–Crippen LogP) is 4.47. The fourth-order valence-corrected chi connectivity index (χ4v) is 3.28. The zero-order valence-corrected chi connectivity index (χ0v) is 11.6. The van der Waals surface area contributed by atoms with Crippen LogP contribution in [0.25, 0.3) is 0 Å². The Balaban J connectivity index is 2.94. The van der Waals surface area contributed by atoms with Crippen LogP contribution < -0.4 is 0 Å². The lowest BCUT2D eigenvalue weighted by Crippen LogP contribution is -2.06. The Bertz CT molecular complexity index is 450. The fourth-order valence-electron chi connectivity index (χ4n) is 1.59. The summed E-state index contributed by atoms with van der Waals surface area (Å²) in [5.74, 6) is 0. The van der Waals surface area contributed by atoms with Crippen molar-refractivity contribution in [1.82, 2.24) is 0 Å². The number of hydrogen-bond donors (Lipinski definition) is 0. The molecule has 0 fully saturated rings. The van der Waals surface area contributed by atoms with Gasteiger partial charge < -0.3 is 9.05 Å². The fraction of sp³-hybridized carbons (Fsp3) is 0.500.